The van der Waals surface area contributed by atoms with Crippen molar-refractivity contribution in [2.24, 2.45) is 11.8 Å². The van der Waals surface area contributed by atoms with Crippen LogP contribution in [0.1, 0.15) is 77.1 Å². The number of aromatic nitrogens is 4. The highest BCUT2D eigenvalue weighted by Crippen LogP contribution is 2.35. The first kappa shape index (κ1) is 39.1. The zero-order chi connectivity index (χ0) is 40.5. The van der Waals surface area contributed by atoms with Crippen molar-refractivity contribution in [3.63, 3.8) is 0 Å². The summed E-state index contributed by atoms with van der Waals surface area (Å²) in [4.78, 5) is 84.5. The van der Waals surface area contributed by atoms with Gasteiger partial charge in [-0.25, -0.2) is 19.6 Å². The van der Waals surface area contributed by atoms with Crippen molar-refractivity contribution < 1.29 is 33.1 Å². The zero-order valence-corrected chi connectivity index (χ0v) is 32.9. The van der Waals surface area contributed by atoms with Crippen molar-refractivity contribution in [2.75, 3.05) is 27.3 Å². The Morgan fingerprint density at radius 3 is 1.70 bits per heavy atom. The summed E-state index contributed by atoms with van der Waals surface area (Å²) in [7, 11) is 2.54. The van der Waals surface area contributed by atoms with E-state index in [1.165, 1.54) is 14.2 Å². The molecular formula is C41H48N8O8. The Morgan fingerprint density at radius 2 is 1.21 bits per heavy atom. The number of imidazole rings is 2. The summed E-state index contributed by atoms with van der Waals surface area (Å²) in [6.45, 7) is 8.57. The first-order chi connectivity index (χ1) is 27.4. The highest BCUT2D eigenvalue weighted by atomic mass is 16.5. The highest BCUT2D eigenvalue weighted by molar-refractivity contribution is 5.93. The van der Waals surface area contributed by atoms with Crippen LogP contribution in [-0.4, -0.2) is 93.1 Å². The predicted octanol–water partition coefficient (Wildman–Crippen LogP) is 5.81. The van der Waals surface area contributed by atoms with E-state index in [0.717, 1.165) is 30.4 Å². The maximum absolute atomic E-state index is 13.9. The first-order valence-corrected chi connectivity index (χ1v) is 19.3. The lowest BCUT2D eigenvalue weighted by atomic mass is 10.0. The van der Waals surface area contributed by atoms with Crippen LogP contribution < -0.4 is 16.1 Å². The maximum atomic E-state index is 13.9. The molecule has 0 spiro atoms. The standard InChI is InChI=1S/C41H48N8O8/c1-21(2)33(46-40(53)55-5)38(51)48-15-7-9-29(48)36-42-19-27(44-36)23-12-14-31-26(17-23)35(50)25-13-11-24(18-32(25)57-31)28-20-43-37(45-28)30-10-8-16-49(30)39(52)34(22(3)4)47-41(54)56-6/h11-14,17-22,29-30,33-34H,7-10,15-16H2,1-6H3,(H,42,44)(H,43,45)(H,46,53)(H,47,54)/t29-,30-,33-,34-/m0/s1. The number of nitrogens with zero attached hydrogens (tertiary/aromatic N) is 4. The molecule has 4 amide bonds. The van der Waals surface area contributed by atoms with Gasteiger partial charge in [0.25, 0.3) is 0 Å². The molecule has 0 radical (unpaired) electrons. The Balaban J connectivity index is 1.10. The number of hydrogen-bond donors (Lipinski definition) is 4. The van der Waals surface area contributed by atoms with Gasteiger partial charge in [0, 0.05) is 24.2 Å². The number of aromatic amines is 2. The molecule has 4 atom stereocenters. The van der Waals surface area contributed by atoms with Crippen molar-refractivity contribution in [3.8, 4) is 22.5 Å². The molecule has 16 nitrogen and oxygen atoms in total. The minimum absolute atomic E-state index is 0.146. The second-order valence-corrected chi connectivity index (χ2v) is 15.3. The van der Waals surface area contributed by atoms with Gasteiger partial charge in [-0.1, -0.05) is 33.8 Å². The van der Waals surface area contributed by atoms with E-state index in [4.69, 9.17) is 13.9 Å². The fourth-order valence-electron chi connectivity index (χ4n) is 7.88. The molecule has 16 heteroatoms. The Bertz CT molecular complexity index is 2380. The molecule has 2 aromatic carbocycles. The van der Waals surface area contributed by atoms with Crippen molar-refractivity contribution in [2.45, 2.75) is 77.5 Å². The van der Waals surface area contributed by atoms with Gasteiger partial charge in [0.15, 0.2) is 0 Å². The molecule has 2 saturated heterocycles. The van der Waals surface area contributed by atoms with Crippen LogP contribution >= 0.6 is 0 Å². The number of rotatable bonds is 10. The van der Waals surface area contributed by atoms with Crippen LogP contribution in [0.25, 0.3) is 44.5 Å². The van der Waals surface area contributed by atoms with Crippen LogP contribution in [-0.2, 0) is 19.1 Å². The topological polar surface area (TPSA) is 205 Å². The number of carbonyl (C=O) groups excluding carboxylic acids is 4. The lowest BCUT2D eigenvalue weighted by molar-refractivity contribution is -0.136. The van der Waals surface area contributed by atoms with E-state index in [0.29, 0.717) is 64.5 Å². The van der Waals surface area contributed by atoms with E-state index in [1.807, 2.05) is 39.8 Å². The summed E-state index contributed by atoms with van der Waals surface area (Å²) in [5, 5.41) is 6.17. The molecule has 0 bridgehead atoms. The molecule has 4 N–H and O–H groups in total. The van der Waals surface area contributed by atoms with Gasteiger partial charge in [-0.3, -0.25) is 14.4 Å². The van der Waals surface area contributed by atoms with Crippen molar-refractivity contribution in [1.29, 1.82) is 0 Å². The third-order valence-electron chi connectivity index (χ3n) is 11.0. The molecule has 300 valence electrons. The van der Waals surface area contributed by atoms with Gasteiger partial charge in [-0.2, -0.15) is 0 Å². The molecule has 5 heterocycles. The van der Waals surface area contributed by atoms with Gasteiger partial charge >= 0.3 is 12.2 Å². The quantitative estimate of drug-likeness (QED) is 0.125. The van der Waals surface area contributed by atoms with Crippen LogP contribution in [0.3, 0.4) is 0 Å². The number of methoxy groups -OCH3 is 2. The lowest BCUT2D eigenvalue weighted by Crippen LogP contribution is -2.51. The molecule has 7 rings (SSSR count). The maximum Gasteiger partial charge on any atom is 0.407 e. The number of nitrogens with one attached hydrogen (secondary N) is 4. The average Bonchev–Trinajstić information content (AvgIpc) is 4.05. The minimum Gasteiger partial charge on any atom is -0.456 e. The number of benzene rings is 2. The molecule has 0 unspecified atom stereocenters. The molecular weight excluding hydrogens is 732 g/mol. The summed E-state index contributed by atoms with van der Waals surface area (Å²) < 4.78 is 15.8. The van der Waals surface area contributed by atoms with Gasteiger partial charge in [0.05, 0.1) is 60.9 Å². The number of likely N-dealkylation sites (tertiary alicyclic amines) is 2. The Labute approximate surface area is 328 Å². The van der Waals surface area contributed by atoms with E-state index in [1.54, 1.807) is 46.5 Å². The summed E-state index contributed by atoms with van der Waals surface area (Å²) in [6.07, 6.45) is 5.10. The molecule has 3 aromatic heterocycles. The fraction of sp³-hybridized carbons (Fsp3) is 0.439. The summed E-state index contributed by atoms with van der Waals surface area (Å²) in [6, 6.07) is 8.69. The monoisotopic (exact) mass is 780 g/mol. The van der Waals surface area contributed by atoms with Crippen LogP contribution in [0.15, 0.2) is 58.0 Å². The normalized spacial score (nSPS) is 18.0. The molecule has 0 aliphatic carbocycles. The Kier molecular flexibility index (Phi) is 11.0. The van der Waals surface area contributed by atoms with Crippen molar-refractivity contribution in [3.05, 3.63) is 70.7 Å². The van der Waals surface area contributed by atoms with Gasteiger partial charge in [-0.15, -0.1) is 0 Å². The molecule has 0 saturated carbocycles. The third-order valence-corrected chi connectivity index (χ3v) is 11.0. The predicted molar refractivity (Wildman–Crippen MR) is 211 cm³/mol. The largest absolute Gasteiger partial charge is 0.456 e. The lowest BCUT2D eigenvalue weighted by Gasteiger charge is -2.30. The minimum atomic E-state index is -0.739. The number of amides is 4. The summed E-state index contributed by atoms with van der Waals surface area (Å²) in [5.74, 6) is 0.580. The summed E-state index contributed by atoms with van der Waals surface area (Å²) in [5.41, 5.74) is 3.53. The van der Waals surface area contributed by atoms with E-state index in [2.05, 4.69) is 30.6 Å². The SMILES string of the molecule is COC(=O)N[C@H](C(=O)N1CCC[C@H]1c1ncc(-c2ccc3c(=O)c4cc(-c5cnc([C@@H]6CCCN6C(=O)[C@@H](NC(=O)OC)C(C)C)[nH]5)ccc4oc3c2)[nH]1)C(C)C. The third kappa shape index (κ3) is 7.67. The van der Waals surface area contributed by atoms with Gasteiger partial charge in [-0.05, 0) is 67.9 Å². The van der Waals surface area contributed by atoms with Crippen molar-refractivity contribution >= 4 is 45.9 Å². The number of carbonyl (C=O) groups is 4. The molecule has 2 aliphatic heterocycles. The van der Waals surface area contributed by atoms with Crippen LogP contribution in [0.5, 0.6) is 0 Å². The Morgan fingerprint density at radius 1 is 0.719 bits per heavy atom. The smallest absolute Gasteiger partial charge is 0.407 e. The number of fused-ring (bicyclic) bond motifs is 2. The van der Waals surface area contributed by atoms with Crippen LogP contribution in [0.2, 0.25) is 0 Å². The van der Waals surface area contributed by atoms with Gasteiger partial charge in [0.1, 0.15) is 34.9 Å². The number of alkyl carbamates (subject to hydrolysis) is 2. The van der Waals surface area contributed by atoms with Crippen molar-refractivity contribution in [1.82, 2.24) is 40.4 Å². The number of H-pyrrole nitrogens is 2. The van der Waals surface area contributed by atoms with Crippen LogP contribution in [0, 0.1) is 11.8 Å². The second-order valence-electron chi connectivity index (χ2n) is 15.3. The number of ether oxygens (including phenoxy) is 2. The second kappa shape index (κ2) is 16.1. The van der Waals surface area contributed by atoms with Gasteiger partial charge < -0.3 is 44.3 Å². The van der Waals surface area contributed by atoms with E-state index >= 15 is 0 Å². The molecule has 57 heavy (non-hydrogen) atoms. The summed E-state index contributed by atoms with van der Waals surface area (Å²) >= 11 is 0. The van der Waals surface area contributed by atoms with Gasteiger partial charge in [0.2, 0.25) is 17.2 Å². The van der Waals surface area contributed by atoms with E-state index in [9.17, 15) is 24.0 Å². The molecule has 2 aliphatic rings. The molecule has 2 fully saturated rings. The number of hydrogen-bond acceptors (Lipinski definition) is 10. The first-order valence-electron chi connectivity index (χ1n) is 19.3. The zero-order valence-electron chi connectivity index (χ0n) is 32.9. The average molecular weight is 781 g/mol. The highest BCUT2D eigenvalue weighted by Gasteiger charge is 2.39. The molecule has 5 aromatic rings. The van der Waals surface area contributed by atoms with E-state index in [-0.39, 0.29) is 41.2 Å². The Hall–Kier alpha value is -6.19. The fourth-order valence-corrected chi connectivity index (χ4v) is 7.88. The van der Waals surface area contributed by atoms with Crippen LogP contribution in [0.4, 0.5) is 9.59 Å². The van der Waals surface area contributed by atoms with E-state index < -0.39 is 24.3 Å².